The fourth-order valence-electron chi connectivity index (χ4n) is 4.15. The average Bonchev–Trinajstić information content (AvgIpc) is 2.98. The number of benzene rings is 2. The monoisotopic (exact) mass is 391 g/mol. The third-order valence-electron chi connectivity index (χ3n) is 5.54. The number of fused-ring (bicyclic) bond motifs is 2. The van der Waals surface area contributed by atoms with Gasteiger partial charge in [-0.15, -0.1) is 0 Å². The quantitative estimate of drug-likeness (QED) is 0.690. The molecular formula is C23H25N3O3. The van der Waals surface area contributed by atoms with Gasteiger partial charge in [0.2, 0.25) is 5.91 Å². The van der Waals surface area contributed by atoms with Crippen LogP contribution in [0.25, 0.3) is 10.9 Å². The normalized spacial score (nSPS) is 13.3. The minimum atomic E-state index is -0.472. The first kappa shape index (κ1) is 19.1. The number of ether oxygens (including phenoxy) is 1. The number of para-hydroxylation sites is 1. The third-order valence-corrected chi connectivity index (χ3v) is 5.54. The summed E-state index contributed by atoms with van der Waals surface area (Å²) in [6, 6.07) is 14.1. The van der Waals surface area contributed by atoms with Gasteiger partial charge in [-0.25, -0.2) is 4.79 Å². The minimum Gasteiger partial charge on any atom is -0.464 e. The summed E-state index contributed by atoms with van der Waals surface area (Å²) in [6.07, 6.45) is 2.05. The van der Waals surface area contributed by atoms with E-state index in [0.717, 1.165) is 41.5 Å². The van der Waals surface area contributed by atoms with Gasteiger partial charge in [-0.1, -0.05) is 29.8 Å². The number of carbonyl (C=O) groups is 2. The SMILES string of the molecule is COC(=O)c1c(NC(=O)CN2CCCc3ccccc32)c2cc(C)ccc2n1C. The van der Waals surface area contributed by atoms with Gasteiger partial charge in [0, 0.05) is 24.7 Å². The highest BCUT2D eigenvalue weighted by atomic mass is 16.5. The summed E-state index contributed by atoms with van der Waals surface area (Å²) < 4.78 is 6.74. The van der Waals surface area contributed by atoms with Crippen LogP contribution in [0.15, 0.2) is 42.5 Å². The number of hydrogen-bond donors (Lipinski definition) is 1. The maximum Gasteiger partial charge on any atom is 0.356 e. The number of aryl methyl sites for hydroxylation is 3. The average molecular weight is 391 g/mol. The van der Waals surface area contributed by atoms with Crippen molar-refractivity contribution in [2.45, 2.75) is 19.8 Å². The largest absolute Gasteiger partial charge is 0.464 e. The number of carbonyl (C=O) groups excluding carboxylic acids is 2. The van der Waals surface area contributed by atoms with Crippen LogP contribution in [0.5, 0.6) is 0 Å². The highest BCUT2D eigenvalue weighted by molar-refractivity contribution is 6.12. The standard InChI is InChI=1S/C23H25N3O3/c1-15-10-11-19-17(13-15)21(22(25(19)2)23(28)29-3)24-20(27)14-26-12-6-8-16-7-4-5-9-18(16)26/h4-5,7,9-11,13H,6,8,12,14H2,1-3H3,(H,24,27). The highest BCUT2D eigenvalue weighted by Gasteiger charge is 2.25. The Bertz CT molecular complexity index is 1100. The van der Waals surface area contributed by atoms with Gasteiger partial charge in [-0.2, -0.15) is 0 Å². The van der Waals surface area contributed by atoms with Crippen molar-refractivity contribution in [3.63, 3.8) is 0 Å². The van der Waals surface area contributed by atoms with E-state index in [1.54, 1.807) is 11.6 Å². The number of esters is 1. The van der Waals surface area contributed by atoms with Crippen molar-refractivity contribution in [2.75, 3.05) is 30.4 Å². The van der Waals surface area contributed by atoms with Crippen molar-refractivity contribution in [3.8, 4) is 0 Å². The maximum absolute atomic E-state index is 13.0. The number of hydrogen-bond acceptors (Lipinski definition) is 4. The Kier molecular flexibility index (Phi) is 5.01. The van der Waals surface area contributed by atoms with Crippen molar-refractivity contribution in [1.82, 2.24) is 4.57 Å². The molecule has 0 unspecified atom stereocenters. The van der Waals surface area contributed by atoms with Crippen LogP contribution >= 0.6 is 0 Å². The summed E-state index contributed by atoms with van der Waals surface area (Å²) in [5, 5.41) is 3.83. The number of nitrogens with zero attached hydrogens (tertiary/aromatic N) is 2. The van der Waals surface area contributed by atoms with Crippen LogP contribution in [0.1, 0.15) is 28.0 Å². The molecule has 1 amide bonds. The molecule has 29 heavy (non-hydrogen) atoms. The summed E-state index contributed by atoms with van der Waals surface area (Å²) in [5.74, 6) is -0.624. The van der Waals surface area contributed by atoms with Crippen LogP contribution in [0.3, 0.4) is 0 Å². The molecule has 1 aliphatic heterocycles. The fourth-order valence-corrected chi connectivity index (χ4v) is 4.15. The lowest BCUT2D eigenvalue weighted by Gasteiger charge is -2.30. The van der Waals surface area contributed by atoms with Crippen molar-refractivity contribution >= 4 is 34.2 Å². The maximum atomic E-state index is 13.0. The summed E-state index contributed by atoms with van der Waals surface area (Å²) in [6.45, 7) is 3.06. The zero-order valence-electron chi connectivity index (χ0n) is 17.0. The molecule has 3 aromatic rings. The molecule has 0 fully saturated rings. The molecule has 2 aromatic carbocycles. The lowest BCUT2D eigenvalue weighted by Crippen LogP contribution is -2.37. The summed E-state index contributed by atoms with van der Waals surface area (Å²) >= 11 is 0. The molecule has 0 spiro atoms. The zero-order valence-corrected chi connectivity index (χ0v) is 17.0. The van der Waals surface area contributed by atoms with E-state index in [0.29, 0.717) is 11.4 Å². The molecule has 0 saturated heterocycles. The second-order valence-electron chi connectivity index (χ2n) is 7.50. The van der Waals surface area contributed by atoms with Crippen molar-refractivity contribution in [2.24, 2.45) is 7.05 Å². The topological polar surface area (TPSA) is 63.6 Å². The van der Waals surface area contributed by atoms with Gasteiger partial charge < -0.3 is 19.5 Å². The van der Waals surface area contributed by atoms with Crippen LogP contribution in [0.4, 0.5) is 11.4 Å². The minimum absolute atomic E-state index is 0.152. The van der Waals surface area contributed by atoms with Crippen LogP contribution in [0.2, 0.25) is 0 Å². The number of anilines is 2. The van der Waals surface area contributed by atoms with Gasteiger partial charge in [-0.3, -0.25) is 4.79 Å². The predicted octanol–water partition coefficient (Wildman–Crippen LogP) is 3.66. The van der Waals surface area contributed by atoms with Crippen LogP contribution < -0.4 is 10.2 Å². The third kappa shape index (κ3) is 3.46. The van der Waals surface area contributed by atoms with Gasteiger partial charge >= 0.3 is 5.97 Å². The molecule has 0 bridgehead atoms. The van der Waals surface area contributed by atoms with E-state index >= 15 is 0 Å². The first-order valence-corrected chi connectivity index (χ1v) is 9.79. The molecule has 150 valence electrons. The van der Waals surface area contributed by atoms with E-state index in [1.165, 1.54) is 12.7 Å². The van der Waals surface area contributed by atoms with Crippen LogP contribution in [-0.2, 0) is 23.0 Å². The Labute approximate surface area is 170 Å². The second kappa shape index (κ2) is 7.62. The molecule has 1 N–H and O–H groups in total. The molecule has 2 heterocycles. The Balaban J connectivity index is 1.66. The summed E-state index contributed by atoms with van der Waals surface area (Å²) in [7, 11) is 3.15. The van der Waals surface area contributed by atoms with Gasteiger partial charge in [0.25, 0.3) is 0 Å². The Morgan fingerprint density at radius 3 is 2.76 bits per heavy atom. The number of aromatic nitrogens is 1. The van der Waals surface area contributed by atoms with Crippen LogP contribution in [0, 0.1) is 6.92 Å². The summed E-state index contributed by atoms with van der Waals surface area (Å²) in [5.41, 5.74) is 5.15. The van der Waals surface area contributed by atoms with Gasteiger partial charge in [-0.05, 0) is 43.5 Å². The van der Waals surface area contributed by atoms with Crippen molar-refractivity contribution in [1.29, 1.82) is 0 Å². The fraction of sp³-hybridized carbons (Fsp3) is 0.304. The van der Waals surface area contributed by atoms with E-state index < -0.39 is 5.97 Å². The molecule has 1 aromatic heterocycles. The predicted molar refractivity (Wildman–Crippen MR) is 115 cm³/mol. The first-order chi connectivity index (χ1) is 14.0. The Morgan fingerprint density at radius 2 is 1.97 bits per heavy atom. The molecule has 0 atom stereocenters. The van der Waals surface area contributed by atoms with Gasteiger partial charge in [0.15, 0.2) is 5.69 Å². The van der Waals surface area contributed by atoms with Crippen molar-refractivity contribution < 1.29 is 14.3 Å². The lowest BCUT2D eigenvalue weighted by atomic mass is 10.0. The number of rotatable bonds is 4. The molecule has 0 aliphatic carbocycles. The van der Waals surface area contributed by atoms with E-state index in [1.807, 2.05) is 37.3 Å². The Morgan fingerprint density at radius 1 is 1.17 bits per heavy atom. The van der Waals surface area contributed by atoms with E-state index in [9.17, 15) is 9.59 Å². The van der Waals surface area contributed by atoms with Crippen molar-refractivity contribution in [3.05, 3.63) is 59.3 Å². The Hall–Kier alpha value is -3.28. The van der Waals surface area contributed by atoms with Gasteiger partial charge in [0.1, 0.15) is 0 Å². The molecule has 0 saturated carbocycles. The molecule has 1 aliphatic rings. The second-order valence-corrected chi connectivity index (χ2v) is 7.50. The van der Waals surface area contributed by atoms with Gasteiger partial charge in [0.05, 0.1) is 24.9 Å². The smallest absolute Gasteiger partial charge is 0.356 e. The molecule has 4 rings (SSSR count). The molecule has 6 nitrogen and oxygen atoms in total. The number of methoxy groups -OCH3 is 1. The van der Waals surface area contributed by atoms with E-state index in [2.05, 4.69) is 22.3 Å². The lowest BCUT2D eigenvalue weighted by molar-refractivity contribution is -0.115. The highest BCUT2D eigenvalue weighted by Crippen LogP contribution is 2.32. The molecular weight excluding hydrogens is 366 g/mol. The zero-order chi connectivity index (χ0) is 20.5. The van der Waals surface area contributed by atoms with Crippen LogP contribution in [-0.4, -0.2) is 36.6 Å². The van der Waals surface area contributed by atoms with E-state index in [4.69, 9.17) is 4.74 Å². The number of amides is 1. The number of nitrogens with one attached hydrogen (secondary N) is 1. The van der Waals surface area contributed by atoms with E-state index in [-0.39, 0.29) is 12.5 Å². The molecule has 6 heteroatoms. The molecule has 0 radical (unpaired) electrons. The first-order valence-electron chi connectivity index (χ1n) is 9.79. The summed E-state index contributed by atoms with van der Waals surface area (Å²) in [4.78, 5) is 27.5.